The summed E-state index contributed by atoms with van der Waals surface area (Å²) in [7, 11) is -3.93. The first kappa shape index (κ1) is 21.9. The summed E-state index contributed by atoms with van der Waals surface area (Å²) in [4.78, 5) is 23.3. The lowest BCUT2D eigenvalue weighted by Crippen LogP contribution is -2.40. The average molecular weight is 425 g/mol. The topological polar surface area (TPSA) is 116 Å². The molecule has 7 nitrogen and oxygen atoms in total. The number of carbonyl (C=O) groups is 2. The number of rotatable bonds is 6. The number of esters is 1. The molecule has 0 aliphatic carbocycles. The highest BCUT2D eigenvalue weighted by Crippen LogP contribution is 2.24. The predicted octanol–water partition coefficient (Wildman–Crippen LogP) is 2.87. The van der Waals surface area contributed by atoms with Crippen LogP contribution in [0, 0.1) is 0 Å². The third kappa shape index (κ3) is 5.79. The number of carbonyl (C=O) groups excluding carboxylic acids is 2. The monoisotopic (exact) mass is 424 g/mol. The van der Waals surface area contributed by atoms with Gasteiger partial charge in [0.05, 0.1) is 10.6 Å². The summed E-state index contributed by atoms with van der Waals surface area (Å²) in [5.74, 6) is -1.32. The van der Waals surface area contributed by atoms with E-state index >= 15 is 0 Å². The molecule has 0 atom stereocenters. The quantitative estimate of drug-likeness (QED) is 0.691. The van der Waals surface area contributed by atoms with Gasteiger partial charge in [0.25, 0.3) is 0 Å². The lowest BCUT2D eigenvalue weighted by atomic mass is 10.1. The van der Waals surface area contributed by atoms with Crippen molar-refractivity contribution in [2.24, 2.45) is 5.73 Å². The number of primary amides is 1. The molecule has 0 spiro atoms. The Kier molecular flexibility index (Phi) is 6.48. The maximum absolute atomic E-state index is 12.5. The van der Waals surface area contributed by atoms with Crippen molar-refractivity contribution >= 4 is 33.5 Å². The first-order chi connectivity index (χ1) is 12.9. The molecule has 0 heterocycles. The molecule has 0 unspecified atom stereocenters. The second kappa shape index (κ2) is 8.30. The highest BCUT2D eigenvalue weighted by molar-refractivity contribution is 7.89. The van der Waals surface area contributed by atoms with Crippen LogP contribution in [-0.4, -0.2) is 25.8 Å². The summed E-state index contributed by atoms with van der Waals surface area (Å²) in [5.41, 5.74) is 5.40. The highest BCUT2D eigenvalue weighted by atomic mass is 35.5. The Morgan fingerprint density at radius 1 is 1.11 bits per heavy atom. The van der Waals surface area contributed by atoms with Crippen molar-refractivity contribution in [1.29, 1.82) is 0 Å². The maximum atomic E-state index is 12.5. The van der Waals surface area contributed by atoms with Gasteiger partial charge in [-0.3, -0.25) is 4.79 Å². The molecule has 0 fully saturated rings. The van der Waals surface area contributed by atoms with Gasteiger partial charge >= 0.3 is 5.97 Å². The second-order valence-corrected chi connectivity index (χ2v) is 9.20. The smallest absolute Gasteiger partial charge is 0.338 e. The summed E-state index contributed by atoms with van der Waals surface area (Å²) < 4.78 is 32.8. The number of hydrogen-bond acceptors (Lipinski definition) is 5. The number of ether oxygens (including phenoxy) is 1. The first-order valence-electron chi connectivity index (χ1n) is 8.28. The Morgan fingerprint density at radius 2 is 1.79 bits per heavy atom. The molecule has 0 bridgehead atoms. The van der Waals surface area contributed by atoms with Gasteiger partial charge in [-0.2, -0.15) is 0 Å². The normalized spacial score (nSPS) is 11.9. The molecule has 2 rings (SSSR count). The molecule has 0 saturated carbocycles. The van der Waals surface area contributed by atoms with Gasteiger partial charge in [0, 0.05) is 11.1 Å². The number of benzene rings is 2. The number of amides is 1. The second-order valence-electron chi connectivity index (χ2n) is 7.14. The van der Waals surface area contributed by atoms with E-state index in [0.717, 1.165) is 0 Å². The fraction of sp³-hybridized carbons (Fsp3) is 0.263. The molecule has 0 radical (unpaired) electrons. The van der Waals surface area contributed by atoms with Crippen molar-refractivity contribution in [2.75, 3.05) is 0 Å². The van der Waals surface area contributed by atoms with Gasteiger partial charge in [0.2, 0.25) is 15.9 Å². The molecule has 2 aromatic rings. The molecule has 3 N–H and O–H groups in total. The van der Waals surface area contributed by atoms with E-state index in [9.17, 15) is 18.0 Å². The van der Waals surface area contributed by atoms with E-state index in [1.165, 1.54) is 24.3 Å². The fourth-order valence-corrected chi connectivity index (χ4v) is 4.29. The summed E-state index contributed by atoms with van der Waals surface area (Å²) >= 11 is 6.02. The van der Waals surface area contributed by atoms with Gasteiger partial charge in [0.15, 0.2) is 0 Å². The van der Waals surface area contributed by atoms with Crippen LogP contribution in [-0.2, 0) is 21.4 Å². The van der Waals surface area contributed by atoms with E-state index in [2.05, 4.69) is 4.72 Å². The van der Waals surface area contributed by atoms with Gasteiger partial charge in [-0.1, -0.05) is 23.7 Å². The molecule has 0 aliphatic heterocycles. The van der Waals surface area contributed by atoms with Gasteiger partial charge < -0.3 is 10.5 Å². The summed E-state index contributed by atoms with van der Waals surface area (Å²) in [5, 5.41) is -0.0116. The number of nitrogens with two attached hydrogens (primary N) is 1. The van der Waals surface area contributed by atoms with Crippen LogP contribution < -0.4 is 10.5 Å². The molecule has 0 saturated heterocycles. The maximum Gasteiger partial charge on any atom is 0.338 e. The Bertz CT molecular complexity index is 1010. The molecular weight excluding hydrogens is 404 g/mol. The molecular formula is C19H21ClN2O5S. The van der Waals surface area contributed by atoms with Gasteiger partial charge in [-0.05, 0) is 56.7 Å². The van der Waals surface area contributed by atoms with E-state index in [1.54, 1.807) is 39.0 Å². The minimum atomic E-state index is -3.93. The fourth-order valence-electron chi connectivity index (χ4n) is 2.34. The number of hydrogen-bond donors (Lipinski definition) is 2. The molecule has 9 heteroatoms. The molecule has 0 aromatic heterocycles. The largest absolute Gasteiger partial charge is 0.457 e. The van der Waals surface area contributed by atoms with Gasteiger partial charge in [0.1, 0.15) is 11.5 Å². The Morgan fingerprint density at radius 3 is 2.39 bits per heavy atom. The van der Waals surface area contributed by atoms with Gasteiger partial charge in [-0.15, -0.1) is 0 Å². The van der Waals surface area contributed by atoms with E-state index < -0.39 is 27.4 Å². The van der Waals surface area contributed by atoms with Crippen molar-refractivity contribution in [3.05, 3.63) is 64.2 Å². The van der Waals surface area contributed by atoms with Crippen molar-refractivity contribution in [1.82, 2.24) is 4.72 Å². The van der Waals surface area contributed by atoms with E-state index in [0.29, 0.717) is 11.1 Å². The standard InChI is InChI=1S/C19H21ClN2O5S/c1-19(2,3)22-28(25,26)16-10-14(7-8-15(16)20)18(24)27-11-12-5-4-6-13(9-12)17(21)23/h4-10,22H,11H2,1-3H3,(H2,21,23). The molecule has 0 aliphatic rings. The van der Waals surface area contributed by atoms with Crippen LogP contribution in [0.15, 0.2) is 47.4 Å². The summed E-state index contributed by atoms with van der Waals surface area (Å²) in [6.07, 6.45) is 0. The predicted molar refractivity (Wildman–Crippen MR) is 106 cm³/mol. The minimum absolute atomic E-state index is 0.0116. The van der Waals surface area contributed by atoms with Crippen molar-refractivity contribution in [3.63, 3.8) is 0 Å². The highest BCUT2D eigenvalue weighted by Gasteiger charge is 2.25. The first-order valence-corrected chi connectivity index (χ1v) is 10.1. The number of nitrogens with one attached hydrogen (secondary N) is 1. The Labute approximate surface area is 168 Å². The zero-order valence-electron chi connectivity index (χ0n) is 15.7. The SMILES string of the molecule is CC(C)(C)NS(=O)(=O)c1cc(C(=O)OCc2cccc(C(N)=O)c2)ccc1Cl. The molecule has 2 aromatic carbocycles. The third-order valence-corrected chi connectivity index (χ3v) is 5.72. The zero-order valence-corrected chi connectivity index (χ0v) is 17.2. The summed E-state index contributed by atoms with van der Waals surface area (Å²) in [6.45, 7) is 4.97. The molecule has 28 heavy (non-hydrogen) atoms. The van der Waals surface area contributed by atoms with E-state index in [-0.39, 0.29) is 22.1 Å². The third-order valence-electron chi connectivity index (χ3n) is 3.48. The Hall–Kier alpha value is -2.42. The lowest BCUT2D eigenvalue weighted by Gasteiger charge is -2.21. The molecule has 150 valence electrons. The molecule has 1 amide bonds. The van der Waals surface area contributed by atoms with Crippen molar-refractivity contribution in [2.45, 2.75) is 37.8 Å². The van der Waals surface area contributed by atoms with Crippen LogP contribution in [0.25, 0.3) is 0 Å². The zero-order chi connectivity index (χ0) is 21.1. The van der Waals surface area contributed by atoms with Crippen molar-refractivity contribution < 1.29 is 22.7 Å². The van der Waals surface area contributed by atoms with Gasteiger partial charge in [-0.25, -0.2) is 17.9 Å². The lowest BCUT2D eigenvalue weighted by molar-refractivity contribution is 0.0472. The van der Waals surface area contributed by atoms with Crippen LogP contribution in [0.1, 0.15) is 47.1 Å². The van der Waals surface area contributed by atoms with E-state index in [4.69, 9.17) is 22.1 Å². The average Bonchev–Trinajstić information content (AvgIpc) is 2.58. The minimum Gasteiger partial charge on any atom is -0.457 e. The number of sulfonamides is 1. The van der Waals surface area contributed by atoms with E-state index in [1.807, 2.05) is 0 Å². The summed E-state index contributed by atoms with van der Waals surface area (Å²) in [6, 6.07) is 10.2. The van der Waals surface area contributed by atoms with Crippen LogP contribution in [0.4, 0.5) is 0 Å². The number of halogens is 1. The van der Waals surface area contributed by atoms with Crippen molar-refractivity contribution in [3.8, 4) is 0 Å². The van der Waals surface area contributed by atoms with Crippen LogP contribution >= 0.6 is 11.6 Å². The van der Waals surface area contributed by atoms with Crippen LogP contribution in [0.3, 0.4) is 0 Å². The van der Waals surface area contributed by atoms with Crippen LogP contribution in [0.5, 0.6) is 0 Å². The Balaban J connectivity index is 2.21. The van der Waals surface area contributed by atoms with Crippen LogP contribution in [0.2, 0.25) is 5.02 Å².